The third kappa shape index (κ3) is 4.36. The molecule has 1 aliphatic rings. The Labute approximate surface area is 159 Å². The summed E-state index contributed by atoms with van der Waals surface area (Å²) in [7, 11) is 0. The van der Waals surface area contributed by atoms with Gasteiger partial charge in [0.25, 0.3) is 5.91 Å². The number of nitrogens with zero attached hydrogens (tertiary/aromatic N) is 1. The number of benzene rings is 1. The second-order valence-corrected chi connectivity index (χ2v) is 8.17. The largest absolute Gasteiger partial charge is 0.550 e. The average Bonchev–Trinajstić information content (AvgIpc) is 3.16. The van der Waals surface area contributed by atoms with Gasteiger partial charge in [0.15, 0.2) is 0 Å². The molecular weight excluding hydrogens is 374 g/mol. The van der Waals surface area contributed by atoms with Crippen LogP contribution in [0.15, 0.2) is 47.4 Å². The number of thiocarbonyl (C=S) groups is 1. The Hall–Kier alpha value is -1.96. The highest BCUT2D eigenvalue weighted by Crippen LogP contribution is 2.35. The lowest BCUT2D eigenvalue weighted by Gasteiger charge is -2.14. The molecule has 0 saturated carbocycles. The van der Waals surface area contributed by atoms with Crippen molar-refractivity contribution in [2.75, 3.05) is 6.54 Å². The molecule has 0 bridgehead atoms. The van der Waals surface area contributed by atoms with Gasteiger partial charge in [0, 0.05) is 22.3 Å². The van der Waals surface area contributed by atoms with Gasteiger partial charge in [-0.1, -0.05) is 54.3 Å². The Morgan fingerprint density at radius 1 is 1.20 bits per heavy atom. The molecule has 0 N–H and O–H groups in total. The van der Waals surface area contributed by atoms with Crippen molar-refractivity contribution in [1.82, 2.24) is 4.90 Å². The first-order valence-electron chi connectivity index (χ1n) is 7.65. The molecule has 4 nitrogen and oxygen atoms in total. The molecule has 0 aliphatic carbocycles. The van der Waals surface area contributed by atoms with E-state index in [2.05, 4.69) is 0 Å². The lowest BCUT2D eigenvalue weighted by Crippen LogP contribution is -2.30. The molecule has 1 amide bonds. The molecule has 2 heterocycles. The maximum Gasteiger partial charge on any atom is 0.266 e. The normalized spacial score (nSPS) is 16.0. The molecule has 1 aromatic carbocycles. The van der Waals surface area contributed by atoms with Crippen LogP contribution in [0.25, 0.3) is 16.5 Å². The maximum atomic E-state index is 12.5. The van der Waals surface area contributed by atoms with Crippen molar-refractivity contribution < 1.29 is 14.7 Å². The van der Waals surface area contributed by atoms with Crippen LogP contribution in [0.5, 0.6) is 0 Å². The Bertz CT molecular complexity index is 842. The first-order chi connectivity index (χ1) is 12.0. The second kappa shape index (κ2) is 7.95. The van der Waals surface area contributed by atoms with Crippen molar-refractivity contribution in [1.29, 1.82) is 0 Å². The number of thiophene rings is 1. The van der Waals surface area contributed by atoms with Gasteiger partial charge < -0.3 is 9.90 Å². The standard InChI is InChI=1S/C18H15NO3S3/c20-16(21)7-4-10-19-17(22)15(25-18(19)23)11-13-8-9-14(24-13)12-5-2-1-3-6-12/h1-3,5-6,8-9,11H,4,7,10H2,(H,20,21)/p-1/b15-11+. The van der Waals surface area contributed by atoms with E-state index in [9.17, 15) is 14.7 Å². The van der Waals surface area contributed by atoms with Gasteiger partial charge in [-0.15, -0.1) is 11.3 Å². The van der Waals surface area contributed by atoms with Gasteiger partial charge >= 0.3 is 0 Å². The Balaban J connectivity index is 1.72. The molecule has 1 saturated heterocycles. The van der Waals surface area contributed by atoms with Gasteiger partial charge in [-0.05, 0) is 36.6 Å². The van der Waals surface area contributed by atoms with Crippen LogP contribution in [0.2, 0.25) is 0 Å². The van der Waals surface area contributed by atoms with Gasteiger partial charge in [0.2, 0.25) is 0 Å². The van der Waals surface area contributed by atoms with E-state index < -0.39 is 5.97 Å². The lowest BCUT2D eigenvalue weighted by atomic mass is 10.2. The Kier molecular flexibility index (Phi) is 5.67. The van der Waals surface area contributed by atoms with E-state index in [4.69, 9.17) is 12.2 Å². The number of carbonyl (C=O) groups excluding carboxylic acids is 2. The number of amides is 1. The average molecular weight is 389 g/mol. The van der Waals surface area contributed by atoms with Crippen molar-refractivity contribution >= 4 is 57.6 Å². The summed E-state index contributed by atoms with van der Waals surface area (Å²) >= 11 is 8.10. The predicted molar refractivity (Wildman–Crippen MR) is 104 cm³/mol. The van der Waals surface area contributed by atoms with Crippen LogP contribution >= 0.6 is 35.3 Å². The zero-order valence-corrected chi connectivity index (χ0v) is 15.6. The summed E-state index contributed by atoms with van der Waals surface area (Å²) in [6.45, 7) is 0.301. The van der Waals surface area contributed by atoms with E-state index >= 15 is 0 Å². The quantitative estimate of drug-likeness (QED) is 0.562. The molecule has 128 valence electrons. The van der Waals surface area contributed by atoms with E-state index in [1.54, 1.807) is 11.3 Å². The minimum absolute atomic E-state index is 0.0819. The van der Waals surface area contributed by atoms with Crippen molar-refractivity contribution in [3.05, 3.63) is 52.2 Å². The third-order valence-electron chi connectivity index (χ3n) is 3.59. The van der Waals surface area contributed by atoms with Crippen LogP contribution in [0, 0.1) is 0 Å². The van der Waals surface area contributed by atoms with E-state index in [-0.39, 0.29) is 12.3 Å². The first-order valence-corrected chi connectivity index (χ1v) is 9.69. The minimum Gasteiger partial charge on any atom is -0.550 e. The molecule has 1 aromatic heterocycles. The van der Waals surface area contributed by atoms with Gasteiger partial charge in [0.05, 0.1) is 4.91 Å². The van der Waals surface area contributed by atoms with Gasteiger partial charge in [-0.3, -0.25) is 9.69 Å². The number of hydrogen-bond donors (Lipinski definition) is 0. The van der Waals surface area contributed by atoms with Crippen LogP contribution in [0.3, 0.4) is 0 Å². The molecule has 0 spiro atoms. The van der Waals surface area contributed by atoms with Crippen LogP contribution in [-0.4, -0.2) is 27.6 Å². The van der Waals surface area contributed by atoms with Crippen molar-refractivity contribution in [2.45, 2.75) is 12.8 Å². The first kappa shape index (κ1) is 17.8. The number of aliphatic carboxylic acids is 1. The van der Waals surface area contributed by atoms with E-state index in [1.807, 2.05) is 48.5 Å². The van der Waals surface area contributed by atoms with Crippen molar-refractivity contribution in [3.63, 3.8) is 0 Å². The summed E-state index contributed by atoms with van der Waals surface area (Å²) in [6.07, 6.45) is 2.09. The highest BCUT2D eigenvalue weighted by molar-refractivity contribution is 8.26. The van der Waals surface area contributed by atoms with Crippen LogP contribution in [0.1, 0.15) is 17.7 Å². The number of carboxylic acids is 1. The summed E-state index contributed by atoms with van der Waals surface area (Å²) < 4.78 is 0.467. The maximum absolute atomic E-state index is 12.5. The third-order valence-corrected chi connectivity index (χ3v) is 6.05. The fraction of sp³-hybridized carbons (Fsp3) is 0.167. The monoisotopic (exact) mass is 388 g/mol. The van der Waals surface area contributed by atoms with Crippen LogP contribution in [-0.2, 0) is 9.59 Å². The SMILES string of the molecule is O=C([O-])CCCN1C(=O)/C(=C\c2ccc(-c3ccccc3)s2)SC1=S. The minimum atomic E-state index is -1.12. The molecule has 1 aliphatic heterocycles. The number of carbonyl (C=O) groups is 2. The van der Waals surface area contributed by atoms with Crippen LogP contribution < -0.4 is 5.11 Å². The number of thioether (sulfide) groups is 1. The fourth-order valence-electron chi connectivity index (χ4n) is 2.39. The van der Waals surface area contributed by atoms with E-state index in [0.717, 1.165) is 15.3 Å². The topological polar surface area (TPSA) is 60.4 Å². The van der Waals surface area contributed by atoms with E-state index in [0.29, 0.717) is 22.2 Å². The smallest absolute Gasteiger partial charge is 0.266 e. The van der Waals surface area contributed by atoms with Crippen LogP contribution in [0.4, 0.5) is 0 Å². The molecule has 1 fully saturated rings. The summed E-state index contributed by atoms with van der Waals surface area (Å²) in [5.41, 5.74) is 1.14. The molecule has 0 unspecified atom stereocenters. The zero-order chi connectivity index (χ0) is 17.8. The highest BCUT2D eigenvalue weighted by atomic mass is 32.2. The Morgan fingerprint density at radius 2 is 1.96 bits per heavy atom. The molecule has 3 rings (SSSR count). The van der Waals surface area contributed by atoms with Crippen molar-refractivity contribution in [3.8, 4) is 10.4 Å². The molecular formula is C18H14NO3S3-. The Morgan fingerprint density at radius 3 is 2.68 bits per heavy atom. The van der Waals surface area contributed by atoms with Gasteiger partial charge in [0.1, 0.15) is 4.32 Å². The summed E-state index contributed by atoms with van der Waals surface area (Å²) in [5, 5.41) is 10.5. The molecule has 2 aromatic rings. The lowest BCUT2D eigenvalue weighted by molar-refractivity contribution is -0.305. The number of carboxylic acid groups (broad SMARTS) is 1. The predicted octanol–water partition coefficient (Wildman–Crippen LogP) is 3.15. The van der Waals surface area contributed by atoms with Crippen molar-refractivity contribution in [2.24, 2.45) is 0 Å². The highest BCUT2D eigenvalue weighted by Gasteiger charge is 2.31. The number of rotatable bonds is 6. The second-order valence-electron chi connectivity index (χ2n) is 5.38. The zero-order valence-electron chi connectivity index (χ0n) is 13.1. The molecule has 7 heteroatoms. The summed E-state index contributed by atoms with van der Waals surface area (Å²) in [5.74, 6) is -1.28. The molecule has 0 atom stereocenters. The summed E-state index contributed by atoms with van der Waals surface area (Å²) in [6, 6.07) is 14.1. The summed E-state index contributed by atoms with van der Waals surface area (Å²) in [4.78, 5) is 27.1. The fourth-order valence-corrected chi connectivity index (χ4v) is 4.72. The van der Waals surface area contributed by atoms with Gasteiger partial charge in [-0.2, -0.15) is 0 Å². The van der Waals surface area contributed by atoms with Gasteiger partial charge in [-0.25, -0.2) is 0 Å². The molecule has 0 radical (unpaired) electrons. The molecule has 25 heavy (non-hydrogen) atoms. The van der Waals surface area contributed by atoms with E-state index in [1.165, 1.54) is 16.7 Å². The number of hydrogen-bond acceptors (Lipinski definition) is 6.